The van der Waals surface area contributed by atoms with Crippen molar-refractivity contribution < 1.29 is 0 Å². The van der Waals surface area contributed by atoms with Crippen molar-refractivity contribution in [2.75, 3.05) is 11.9 Å². The molecule has 0 heterocycles. The van der Waals surface area contributed by atoms with Crippen molar-refractivity contribution in [2.45, 2.75) is 26.8 Å². The van der Waals surface area contributed by atoms with Crippen molar-refractivity contribution in [3.63, 3.8) is 0 Å². The first kappa shape index (κ1) is 15.1. The van der Waals surface area contributed by atoms with Gasteiger partial charge in [-0.3, -0.25) is 0 Å². The number of nitrogens with two attached hydrogens (primary N) is 1. The molecule has 106 valence electrons. The highest BCUT2D eigenvalue weighted by atomic mass is 79.9. The number of rotatable bonds is 3. The third-order valence-corrected chi connectivity index (χ3v) is 4.21. The van der Waals surface area contributed by atoms with Gasteiger partial charge in [0.15, 0.2) is 0 Å². The monoisotopic (exact) mass is 332 g/mol. The Labute approximate surface area is 129 Å². The van der Waals surface area contributed by atoms with E-state index in [0.29, 0.717) is 0 Å². The summed E-state index contributed by atoms with van der Waals surface area (Å²) in [4.78, 5) is 2.20. The number of hydrogen-bond donors (Lipinski definition) is 1. The van der Waals surface area contributed by atoms with Gasteiger partial charge in [-0.1, -0.05) is 23.8 Å². The molecule has 0 unspecified atom stereocenters. The second-order valence-electron chi connectivity index (χ2n) is 5.35. The fourth-order valence-corrected chi connectivity index (χ4v) is 3.05. The Morgan fingerprint density at radius 1 is 1.05 bits per heavy atom. The Morgan fingerprint density at radius 2 is 1.70 bits per heavy atom. The van der Waals surface area contributed by atoms with Gasteiger partial charge < -0.3 is 10.6 Å². The molecule has 1 atom stereocenters. The molecule has 2 aromatic rings. The smallest absolute Gasteiger partial charge is 0.0552 e. The van der Waals surface area contributed by atoms with E-state index in [9.17, 15) is 0 Å². The summed E-state index contributed by atoms with van der Waals surface area (Å²) in [5.41, 5.74) is 12.0. The first-order valence-corrected chi connectivity index (χ1v) is 7.55. The lowest BCUT2D eigenvalue weighted by Crippen LogP contribution is -2.12. The summed E-state index contributed by atoms with van der Waals surface area (Å²) in [6, 6.07) is 12.9. The van der Waals surface area contributed by atoms with Gasteiger partial charge in [0.25, 0.3) is 0 Å². The maximum Gasteiger partial charge on any atom is 0.0552 e. The topological polar surface area (TPSA) is 29.3 Å². The first-order valence-electron chi connectivity index (χ1n) is 6.76. The molecule has 2 N–H and O–H groups in total. The van der Waals surface area contributed by atoms with Crippen LogP contribution < -0.4 is 10.6 Å². The highest BCUT2D eigenvalue weighted by molar-refractivity contribution is 9.10. The fraction of sp³-hybridized carbons (Fsp3) is 0.294. The molecule has 0 aliphatic rings. The molecule has 0 aliphatic heterocycles. The number of benzene rings is 2. The molecular formula is C17H21BrN2. The van der Waals surface area contributed by atoms with Crippen molar-refractivity contribution in [3.05, 3.63) is 57.6 Å². The van der Waals surface area contributed by atoms with Crippen LogP contribution in [0.1, 0.15) is 29.7 Å². The van der Waals surface area contributed by atoms with Gasteiger partial charge in [-0.25, -0.2) is 0 Å². The molecule has 0 aliphatic carbocycles. The molecule has 20 heavy (non-hydrogen) atoms. The van der Waals surface area contributed by atoms with Crippen molar-refractivity contribution in [2.24, 2.45) is 5.73 Å². The van der Waals surface area contributed by atoms with E-state index in [-0.39, 0.29) is 6.04 Å². The lowest BCUT2D eigenvalue weighted by Gasteiger charge is -2.24. The van der Waals surface area contributed by atoms with Gasteiger partial charge in [0.05, 0.1) is 5.69 Å². The van der Waals surface area contributed by atoms with Crippen LogP contribution in [0.2, 0.25) is 0 Å². The summed E-state index contributed by atoms with van der Waals surface area (Å²) < 4.78 is 1.06. The van der Waals surface area contributed by atoms with Gasteiger partial charge in [-0.15, -0.1) is 0 Å². The van der Waals surface area contributed by atoms with Crippen LogP contribution in [-0.4, -0.2) is 7.05 Å². The molecule has 0 aromatic heterocycles. The van der Waals surface area contributed by atoms with E-state index < -0.39 is 0 Å². The Morgan fingerprint density at radius 3 is 2.25 bits per heavy atom. The van der Waals surface area contributed by atoms with E-state index in [1.54, 1.807) is 0 Å². The zero-order valence-electron chi connectivity index (χ0n) is 12.4. The molecule has 0 saturated carbocycles. The van der Waals surface area contributed by atoms with E-state index in [4.69, 9.17) is 5.73 Å². The second kappa shape index (κ2) is 5.98. The number of aryl methyl sites for hydroxylation is 2. The SMILES string of the molecule is Cc1ccc(N(C)c2ccc([C@@H](C)N)cc2Br)c(C)c1. The number of hydrogen-bond acceptors (Lipinski definition) is 2. The molecule has 0 spiro atoms. The molecule has 2 rings (SSSR count). The van der Waals surface area contributed by atoms with Crippen LogP contribution in [0.3, 0.4) is 0 Å². The minimum atomic E-state index is 0.0479. The Hall–Kier alpha value is -1.32. The lowest BCUT2D eigenvalue weighted by molar-refractivity contribution is 0.817. The van der Waals surface area contributed by atoms with E-state index in [0.717, 1.165) is 15.7 Å². The Kier molecular flexibility index (Phi) is 4.51. The Bertz CT molecular complexity index is 620. The van der Waals surface area contributed by atoms with Gasteiger partial charge >= 0.3 is 0 Å². The van der Waals surface area contributed by atoms with E-state index >= 15 is 0 Å². The second-order valence-corrected chi connectivity index (χ2v) is 6.20. The van der Waals surface area contributed by atoms with Gasteiger partial charge in [0.1, 0.15) is 0 Å². The minimum Gasteiger partial charge on any atom is -0.343 e. The van der Waals surface area contributed by atoms with Crippen molar-refractivity contribution in [3.8, 4) is 0 Å². The Balaban J connectivity index is 2.40. The molecule has 0 radical (unpaired) electrons. The zero-order chi connectivity index (χ0) is 14.9. The maximum absolute atomic E-state index is 5.93. The largest absolute Gasteiger partial charge is 0.343 e. The van der Waals surface area contributed by atoms with Crippen molar-refractivity contribution in [1.82, 2.24) is 0 Å². The summed E-state index contributed by atoms with van der Waals surface area (Å²) in [5, 5.41) is 0. The first-order chi connectivity index (χ1) is 9.40. The summed E-state index contributed by atoms with van der Waals surface area (Å²) in [7, 11) is 2.09. The fourth-order valence-electron chi connectivity index (χ4n) is 2.39. The zero-order valence-corrected chi connectivity index (χ0v) is 14.0. The molecule has 0 saturated heterocycles. The van der Waals surface area contributed by atoms with Crippen LogP contribution in [0.5, 0.6) is 0 Å². The predicted molar refractivity (Wildman–Crippen MR) is 90.7 cm³/mol. The van der Waals surface area contributed by atoms with Gasteiger partial charge in [0, 0.05) is 23.2 Å². The summed E-state index contributed by atoms with van der Waals surface area (Å²) in [6.07, 6.45) is 0. The number of nitrogens with zero attached hydrogens (tertiary/aromatic N) is 1. The molecule has 2 aromatic carbocycles. The summed E-state index contributed by atoms with van der Waals surface area (Å²) in [6.45, 7) is 6.25. The third kappa shape index (κ3) is 3.05. The maximum atomic E-state index is 5.93. The molecule has 0 amide bonds. The van der Waals surface area contributed by atoms with Gasteiger partial charge in [-0.05, 0) is 66.0 Å². The van der Waals surface area contributed by atoms with Crippen molar-refractivity contribution >= 4 is 27.3 Å². The summed E-state index contributed by atoms with van der Waals surface area (Å²) in [5.74, 6) is 0. The van der Waals surface area contributed by atoms with Crippen LogP contribution in [0, 0.1) is 13.8 Å². The van der Waals surface area contributed by atoms with E-state index in [1.165, 1.54) is 16.8 Å². The summed E-state index contributed by atoms with van der Waals surface area (Å²) >= 11 is 3.66. The highest BCUT2D eigenvalue weighted by Crippen LogP contribution is 2.34. The van der Waals surface area contributed by atoms with Crippen molar-refractivity contribution in [1.29, 1.82) is 0 Å². The molecule has 2 nitrogen and oxygen atoms in total. The third-order valence-electron chi connectivity index (χ3n) is 3.57. The lowest BCUT2D eigenvalue weighted by atomic mass is 10.1. The van der Waals surface area contributed by atoms with E-state index in [2.05, 4.69) is 78.1 Å². The van der Waals surface area contributed by atoms with Crippen LogP contribution in [-0.2, 0) is 0 Å². The van der Waals surface area contributed by atoms with Crippen LogP contribution in [0.4, 0.5) is 11.4 Å². The quantitative estimate of drug-likeness (QED) is 0.870. The van der Waals surface area contributed by atoms with Crippen LogP contribution in [0.25, 0.3) is 0 Å². The molecule has 0 bridgehead atoms. The highest BCUT2D eigenvalue weighted by Gasteiger charge is 2.11. The standard InChI is InChI=1S/C17H21BrN2/c1-11-5-7-16(12(2)9-11)20(4)17-8-6-14(13(3)19)10-15(17)18/h5-10,13H,19H2,1-4H3/t13-/m1/s1. The average molecular weight is 333 g/mol. The molecule has 0 fully saturated rings. The molecule has 3 heteroatoms. The van der Waals surface area contributed by atoms with E-state index in [1.807, 2.05) is 6.92 Å². The average Bonchev–Trinajstić information content (AvgIpc) is 2.37. The van der Waals surface area contributed by atoms with Gasteiger partial charge in [0.2, 0.25) is 0 Å². The molecular weight excluding hydrogens is 312 g/mol. The van der Waals surface area contributed by atoms with Gasteiger partial charge in [-0.2, -0.15) is 0 Å². The number of halogens is 1. The normalized spacial score (nSPS) is 12.3. The van der Waals surface area contributed by atoms with Crippen LogP contribution in [0.15, 0.2) is 40.9 Å². The minimum absolute atomic E-state index is 0.0479. The van der Waals surface area contributed by atoms with Crippen LogP contribution >= 0.6 is 15.9 Å². The number of anilines is 2. The predicted octanol–water partition coefficient (Wildman–Crippen LogP) is 4.85.